The molecule has 0 aromatic heterocycles. The summed E-state index contributed by atoms with van der Waals surface area (Å²) in [7, 11) is 0. The van der Waals surface area contributed by atoms with E-state index in [1.165, 1.54) is 11.8 Å². The van der Waals surface area contributed by atoms with E-state index in [9.17, 15) is 4.79 Å². The van der Waals surface area contributed by atoms with Gasteiger partial charge in [0.25, 0.3) is 5.91 Å². The highest BCUT2D eigenvalue weighted by Gasteiger charge is 2.33. The van der Waals surface area contributed by atoms with E-state index in [-0.39, 0.29) is 11.9 Å². The van der Waals surface area contributed by atoms with Crippen LogP contribution in [0.4, 0.5) is 0 Å². The molecule has 1 fully saturated rings. The highest BCUT2D eigenvalue weighted by Crippen LogP contribution is 2.36. The molecular formula is C13H11Cl2NOS2. The third kappa shape index (κ3) is 2.97. The van der Waals surface area contributed by atoms with Gasteiger partial charge in [0.1, 0.15) is 4.32 Å². The Bertz CT molecular complexity index is 564. The van der Waals surface area contributed by atoms with Crippen molar-refractivity contribution < 1.29 is 4.79 Å². The average molecular weight is 332 g/mol. The first-order valence-electron chi connectivity index (χ1n) is 5.63. The number of rotatable bonds is 2. The van der Waals surface area contributed by atoms with Crippen molar-refractivity contribution in [1.29, 1.82) is 0 Å². The highest BCUT2D eigenvalue weighted by atomic mass is 35.5. The van der Waals surface area contributed by atoms with Crippen molar-refractivity contribution in [2.75, 3.05) is 0 Å². The van der Waals surface area contributed by atoms with Gasteiger partial charge < -0.3 is 0 Å². The summed E-state index contributed by atoms with van der Waals surface area (Å²) >= 11 is 18.7. The van der Waals surface area contributed by atoms with Crippen molar-refractivity contribution in [2.45, 2.75) is 19.9 Å². The van der Waals surface area contributed by atoms with Crippen molar-refractivity contribution in [1.82, 2.24) is 4.90 Å². The maximum absolute atomic E-state index is 12.2. The number of benzene rings is 1. The molecule has 1 aliphatic rings. The number of thioether (sulfide) groups is 1. The van der Waals surface area contributed by atoms with Crippen molar-refractivity contribution >= 4 is 63.5 Å². The Morgan fingerprint density at radius 3 is 2.37 bits per heavy atom. The molecular weight excluding hydrogens is 321 g/mol. The zero-order valence-corrected chi connectivity index (χ0v) is 13.5. The minimum Gasteiger partial charge on any atom is -0.290 e. The van der Waals surface area contributed by atoms with Crippen LogP contribution in [0.5, 0.6) is 0 Å². The predicted molar refractivity (Wildman–Crippen MR) is 86.6 cm³/mol. The van der Waals surface area contributed by atoms with Gasteiger partial charge in [-0.3, -0.25) is 9.69 Å². The van der Waals surface area contributed by atoms with Crippen LogP contribution < -0.4 is 0 Å². The van der Waals surface area contributed by atoms with Crippen LogP contribution in [0.1, 0.15) is 19.4 Å². The van der Waals surface area contributed by atoms with Gasteiger partial charge in [-0.15, -0.1) is 0 Å². The summed E-state index contributed by atoms with van der Waals surface area (Å²) in [5, 5.41) is 1.03. The van der Waals surface area contributed by atoms with Gasteiger partial charge in [0.2, 0.25) is 0 Å². The van der Waals surface area contributed by atoms with Gasteiger partial charge in [0.15, 0.2) is 0 Å². The van der Waals surface area contributed by atoms with Crippen LogP contribution in [0.25, 0.3) is 6.08 Å². The molecule has 0 aliphatic carbocycles. The molecule has 1 aromatic rings. The monoisotopic (exact) mass is 331 g/mol. The molecule has 0 spiro atoms. The smallest absolute Gasteiger partial charge is 0.266 e. The molecule has 0 radical (unpaired) electrons. The van der Waals surface area contributed by atoms with Gasteiger partial charge in [-0.2, -0.15) is 0 Å². The second kappa shape index (κ2) is 5.83. The van der Waals surface area contributed by atoms with Gasteiger partial charge in [-0.25, -0.2) is 0 Å². The fourth-order valence-electron chi connectivity index (χ4n) is 1.70. The summed E-state index contributed by atoms with van der Waals surface area (Å²) in [6, 6.07) is 5.28. The van der Waals surface area contributed by atoms with Crippen LogP contribution in [0.15, 0.2) is 23.1 Å². The van der Waals surface area contributed by atoms with Crippen molar-refractivity contribution in [3.05, 3.63) is 38.7 Å². The topological polar surface area (TPSA) is 20.3 Å². The Labute approximate surface area is 131 Å². The molecule has 2 nitrogen and oxygen atoms in total. The van der Waals surface area contributed by atoms with Crippen LogP contribution in [-0.2, 0) is 4.79 Å². The first-order valence-corrected chi connectivity index (χ1v) is 7.61. The lowest BCUT2D eigenvalue weighted by Crippen LogP contribution is -2.34. The number of hydrogen-bond donors (Lipinski definition) is 0. The Kier molecular flexibility index (Phi) is 4.56. The first kappa shape index (κ1) is 14.9. The molecule has 0 N–H and O–H groups in total. The Balaban J connectivity index is 2.41. The van der Waals surface area contributed by atoms with Gasteiger partial charge >= 0.3 is 0 Å². The van der Waals surface area contributed by atoms with E-state index >= 15 is 0 Å². The third-order valence-electron chi connectivity index (χ3n) is 2.62. The molecule has 1 aromatic carbocycles. The van der Waals surface area contributed by atoms with E-state index in [1.54, 1.807) is 29.2 Å². The molecule has 1 amide bonds. The van der Waals surface area contributed by atoms with Crippen LogP contribution in [0, 0.1) is 0 Å². The van der Waals surface area contributed by atoms with Gasteiger partial charge in [0, 0.05) is 21.7 Å². The maximum Gasteiger partial charge on any atom is 0.266 e. The normalized spacial score (nSPS) is 17.9. The minimum atomic E-state index is -0.0963. The van der Waals surface area contributed by atoms with Crippen molar-refractivity contribution in [2.24, 2.45) is 0 Å². The largest absolute Gasteiger partial charge is 0.290 e. The lowest BCUT2D eigenvalue weighted by Gasteiger charge is -2.18. The molecule has 1 saturated heterocycles. The van der Waals surface area contributed by atoms with Crippen LogP contribution in [-0.4, -0.2) is 21.2 Å². The second-order valence-corrected chi connectivity index (χ2v) is 6.77. The fourth-order valence-corrected chi connectivity index (χ4v) is 3.72. The van der Waals surface area contributed by atoms with E-state index in [0.29, 0.717) is 24.8 Å². The minimum absolute atomic E-state index is 0.0418. The number of hydrogen-bond acceptors (Lipinski definition) is 3. The highest BCUT2D eigenvalue weighted by molar-refractivity contribution is 8.26. The summed E-state index contributed by atoms with van der Waals surface area (Å²) in [5.41, 5.74) is 0.648. The average Bonchev–Trinajstić information content (AvgIpc) is 2.59. The van der Waals surface area contributed by atoms with Crippen LogP contribution in [0.2, 0.25) is 10.0 Å². The molecule has 19 heavy (non-hydrogen) atoms. The number of carbonyl (C=O) groups excluding carboxylic acids is 1. The SMILES string of the molecule is CC(C)N1C(=O)C(=Cc2c(Cl)cccc2Cl)SC1=S. The van der Waals surface area contributed by atoms with Gasteiger partial charge in [-0.05, 0) is 32.1 Å². The number of nitrogens with zero attached hydrogens (tertiary/aromatic N) is 1. The van der Waals surface area contributed by atoms with Gasteiger partial charge in [0.05, 0.1) is 4.91 Å². The summed E-state index contributed by atoms with van der Waals surface area (Å²) in [6.45, 7) is 3.85. The van der Waals surface area contributed by atoms with Crippen LogP contribution in [0.3, 0.4) is 0 Å². The lowest BCUT2D eigenvalue weighted by atomic mass is 10.2. The summed E-state index contributed by atoms with van der Waals surface area (Å²) in [4.78, 5) is 14.4. The van der Waals surface area contributed by atoms with Crippen molar-refractivity contribution in [3.8, 4) is 0 Å². The zero-order valence-electron chi connectivity index (χ0n) is 10.3. The molecule has 0 saturated carbocycles. The van der Waals surface area contributed by atoms with E-state index in [4.69, 9.17) is 35.4 Å². The summed E-state index contributed by atoms with van der Waals surface area (Å²) < 4.78 is 0.564. The Morgan fingerprint density at radius 2 is 1.89 bits per heavy atom. The quantitative estimate of drug-likeness (QED) is 0.583. The second-order valence-electron chi connectivity index (χ2n) is 4.28. The van der Waals surface area contributed by atoms with E-state index < -0.39 is 0 Å². The molecule has 0 unspecified atom stereocenters. The zero-order chi connectivity index (χ0) is 14.2. The summed E-state index contributed by atoms with van der Waals surface area (Å²) in [6.07, 6.45) is 1.70. The van der Waals surface area contributed by atoms with E-state index in [1.807, 2.05) is 13.8 Å². The Morgan fingerprint density at radius 1 is 1.32 bits per heavy atom. The number of halogens is 2. The number of carbonyl (C=O) groups is 1. The van der Waals surface area contributed by atoms with Crippen LogP contribution >= 0.6 is 47.2 Å². The van der Waals surface area contributed by atoms with E-state index in [0.717, 1.165) is 0 Å². The van der Waals surface area contributed by atoms with Crippen molar-refractivity contribution in [3.63, 3.8) is 0 Å². The third-order valence-corrected chi connectivity index (χ3v) is 4.60. The number of thiocarbonyl (C=S) groups is 1. The Hall–Kier alpha value is -0.550. The molecule has 6 heteroatoms. The molecule has 0 bridgehead atoms. The standard InChI is InChI=1S/C13H11Cl2NOS2/c1-7(2)16-12(17)11(19-13(16)18)6-8-9(14)4-3-5-10(8)15/h3-7H,1-2H3. The molecule has 1 aliphatic heterocycles. The van der Waals surface area contributed by atoms with E-state index in [2.05, 4.69) is 0 Å². The summed E-state index contributed by atoms with van der Waals surface area (Å²) in [5.74, 6) is -0.0963. The maximum atomic E-state index is 12.2. The molecule has 100 valence electrons. The lowest BCUT2D eigenvalue weighted by molar-refractivity contribution is -0.123. The molecule has 1 heterocycles. The number of amides is 1. The molecule has 0 atom stereocenters. The van der Waals surface area contributed by atoms with Gasteiger partial charge in [-0.1, -0.05) is 53.2 Å². The predicted octanol–water partition coefficient (Wildman–Crippen LogP) is 4.60. The fraction of sp³-hybridized carbons (Fsp3) is 0.231. The first-order chi connectivity index (χ1) is 8.91. The molecule has 2 rings (SSSR count).